The largest absolute Gasteiger partial charge is 0.418 e. The average Bonchev–Trinajstić information content (AvgIpc) is 2.68. The molecule has 1 aliphatic rings. The van der Waals surface area contributed by atoms with E-state index in [9.17, 15) is 18.0 Å². The Kier molecular flexibility index (Phi) is 5.65. The van der Waals surface area contributed by atoms with Crippen LogP contribution in [0, 0.1) is 0 Å². The lowest BCUT2D eigenvalue weighted by atomic mass is 10.1. The fraction of sp³-hybridized carbons (Fsp3) is 0.368. The van der Waals surface area contributed by atoms with Crippen LogP contribution in [0.5, 0.6) is 0 Å². The minimum absolute atomic E-state index is 0.0856. The van der Waals surface area contributed by atoms with Crippen molar-refractivity contribution in [3.05, 3.63) is 53.9 Å². The van der Waals surface area contributed by atoms with Crippen molar-refractivity contribution in [2.45, 2.75) is 13.1 Å². The number of para-hydroxylation sites is 1. The van der Waals surface area contributed by atoms with E-state index >= 15 is 0 Å². The number of anilines is 2. The number of piperazine rings is 1. The van der Waals surface area contributed by atoms with E-state index in [2.05, 4.69) is 27.0 Å². The molecule has 1 N–H and O–H groups in total. The highest BCUT2D eigenvalue weighted by molar-refractivity contribution is 6.03. The number of hydrogen-bond acceptors (Lipinski definition) is 4. The summed E-state index contributed by atoms with van der Waals surface area (Å²) in [4.78, 5) is 21.0. The second kappa shape index (κ2) is 7.96. The summed E-state index contributed by atoms with van der Waals surface area (Å²) < 4.78 is 39.3. The van der Waals surface area contributed by atoms with Crippen molar-refractivity contribution < 1.29 is 18.0 Å². The van der Waals surface area contributed by atoms with E-state index in [0.29, 0.717) is 0 Å². The van der Waals surface area contributed by atoms with Crippen LogP contribution in [0.25, 0.3) is 0 Å². The first-order valence-corrected chi connectivity index (χ1v) is 8.79. The number of carbonyl (C=O) groups is 1. The zero-order valence-electron chi connectivity index (χ0n) is 15.0. The number of halogens is 3. The van der Waals surface area contributed by atoms with E-state index in [1.54, 1.807) is 6.07 Å². The molecule has 1 aliphatic heterocycles. The van der Waals surface area contributed by atoms with E-state index in [4.69, 9.17) is 0 Å². The average molecular weight is 378 g/mol. The first-order chi connectivity index (χ1) is 12.9. The third-order valence-electron chi connectivity index (χ3n) is 4.64. The molecule has 0 radical (unpaired) electrons. The Hall–Kier alpha value is -2.61. The molecule has 1 aromatic heterocycles. The van der Waals surface area contributed by atoms with Gasteiger partial charge in [-0.25, -0.2) is 0 Å². The quantitative estimate of drug-likeness (QED) is 0.885. The van der Waals surface area contributed by atoms with Gasteiger partial charge in [-0.3, -0.25) is 9.78 Å². The van der Waals surface area contributed by atoms with Gasteiger partial charge in [0.25, 0.3) is 5.91 Å². The van der Waals surface area contributed by atoms with Crippen LogP contribution in [-0.2, 0) is 6.18 Å². The lowest BCUT2D eigenvalue weighted by Gasteiger charge is -2.35. The summed E-state index contributed by atoms with van der Waals surface area (Å²) in [5.74, 6) is -0.666. The Balaban J connectivity index is 1.75. The van der Waals surface area contributed by atoms with E-state index in [0.717, 1.165) is 44.5 Å². The van der Waals surface area contributed by atoms with Gasteiger partial charge in [-0.2, -0.15) is 13.2 Å². The van der Waals surface area contributed by atoms with E-state index in [1.807, 2.05) is 6.07 Å². The molecule has 1 fully saturated rings. The van der Waals surface area contributed by atoms with Gasteiger partial charge in [-0.05, 0) is 30.8 Å². The Morgan fingerprint density at radius 1 is 1.15 bits per heavy atom. The number of rotatable bonds is 4. The maximum atomic E-state index is 13.1. The van der Waals surface area contributed by atoms with Crippen molar-refractivity contribution in [3.63, 3.8) is 0 Å². The van der Waals surface area contributed by atoms with Gasteiger partial charge >= 0.3 is 6.18 Å². The molecule has 0 spiro atoms. The Morgan fingerprint density at radius 2 is 1.85 bits per heavy atom. The summed E-state index contributed by atoms with van der Waals surface area (Å²) in [6, 6.07) is 8.33. The number of hydrogen-bond donors (Lipinski definition) is 1. The molecule has 3 rings (SSSR count). The summed E-state index contributed by atoms with van der Waals surface area (Å²) in [5, 5.41) is 2.33. The van der Waals surface area contributed by atoms with Gasteiger partial charge in [0.2, 0.25) is 0 Å². The van der Waals surface area contributed by atoms with Gasteiger partial charge in [0, 0.05) is 38.1 Å². The molecule has 1 saturated heterocycles. The molecule has 27 heavy (non-hydrogen) atoms. The molecule has 0 unspecified atom stereocenters. The molecule has 144 valence electrons. The van der Waals surface area contributed by atoms with Gasteiger partial charge < -0.3 is 15.1 Å². The number of carbonyl (C=O) groups excluding carboxylic acids is 1. The van der Waals surface area contributed by atoms with E-state index in [1.165, 1.54) is 24.4 Å². The Bertz CT molecular complexity index is 802. The summed E-state index contributed by atoms with van der Waals surface area (Å²) >= 11 is 0. The van der Waals surface area contributed by atoms with Crippen molar-refractivity contribution in [1.82, 2.24) is 9.88 Å². The topological polar surface area (TPSA) is 48.5 Å². The van der Waals surface area contributed by atoms with Gasteiger partial charge in [0.1, 0.15) is 5.69 Å². The van der Waals surface area contributed by atoms with Crippen LogP contribution in [-0.4, -0.2) is 48.5 Å². The Labute approximate surface area is 155 Å². The predicted octanol–water partition coefficient (Wildman–Crippen LogP) is 3.49. The zero-order valence-corrected chi connectivity index (χ0v) is 15.0. The molecule has 2 heterocycles. The summed E-state index contributed by atoms with van der Waals surface area (Å²) in [7, 11) is 0. The van der Waals surface area contributed by atoms with Crippen LogP contribution in [0.2, 0.25) is 0 Å². The molecule has 1 amide bonds. The van der Waals surface area contributed by atoms with Crippen LogP contribution in [0.3, 0.4) is 0 Å². The summed E-state index contributed by atoms with van der Waals surface area (Å²) in [6.45, 7) is 6.63. The minimum Gasteiger partial charge on any atom is -0.369 e. The number of aromatic nitrogens is 1. The number of alkyl halides is 3. The van der Waals surface area contributed by atoms with Crippen molar-refractivity contribution in [3.8, 4) is 0 Å². The molecular formula is C19H21F3N4O. The lowest BCUT2D eigenvalue weighted by Crippen LogP contribution is -2.46. The van der Waals surface area contributed by atoms with Crippen LogP contribution in [0.15, 0.2) is 42.6 Å². The molecule has 2 aromatic rings. The maximum absolute atomic E-state index is 13.1. The molecule has 0 atom stereocenters. The molecule has 0 aliphatic carbocycles. The number of pyridine rings is 1. The molecular weight excluding hydrogens is 357 g/mol. The molecule has 5 nitrogen and oxygen atoms in total. The van der Waals surface area contributed by atoms with Gasteiger partial charge in [0.15, 0.2) is 0 Å². The number of nitrogens with one attached hydrogen (secondary N) is 1. The first-order valence-electron chi connectivity index (χ1n) is 8.79. The summed E-state index contributed by atoms with van der Waals surface area (Å²) in [5.41, 5.74) is -0.235. The van der Waals surface area contributed by atoms with Gasteiger partial charge in [0.05, 0.1) is 11.3 Å². The second-order valence-corrected chi connectivity index (χ2v) is 6.32. The number of amides is 1. The maximum Gasteiger partial charge on any atom is 0.418 e. The zero-order chi connectivity index (χ0) is 19.4. The predicted molar refractivity (Wildman–Crippen MR) is 98.0 cm³/mol. The Morgan fingerprint density at radius 3 is 2.52 bits per heavy atom. The van der Waals surface area contributed by atoms with Crippen LogP contribution >= 0.6 is 0 Å². The molecule has 8 heteroatoms. The molecule has 0 saturated carbocycles. The smallest absolute Gasteiger partial charge is 0.369 e. The van der Waals surface area contributed by atoms with Crippen molar-refractivity contribution in [2.75, 3.05) is 42.9 Å². The number of likely N-dealkylation sites (N-methyl/N-ethyl adjacent to an activating group) is 1. The highest BCUT2D eigenvalue weighted by atomic mass is 19.4. The molecule has 0 bridgehead atoms. The van der Waals surface area contributed by atoms with Crippen LogP contribution < -0.4 is 10.2 Å². The highest BCUT2D eigenvalue weighted by Crippen LogP contribution is 2.34. The fourth-order valence-corrected chi connectivity index (χ4v) is 3.09. The van der Waals surface area contributed by atoms with Gasteiger partial charge in [-0.1, -0.05) is 19.1 Å². The second-order valence-electron chi connectivity index (χ2n) is 6.32. The van der Waals surface area contributed by atoms with Crippen LogP contribution in [0.1, 0.15) is 23.0 Å². The normalized spacial score (nSPS) is 15.6. The minimum atomic E-state index is -4.54. The SMILES string of the molecule is CCN1CCN(c2ccnc(C(=O)Nc3ccccc3C(F)(F)F)c2)CC1. The fourth-order valence-electron chi connectivity index (χ4n) is 3.09. The van der Waals surface area contributed by atoms with Crippen molar-refractivity contribution in [1.29, 1.82) is 0 Å². The lowest BCUT2D eigenvalue weighted by molar-refractivity contribution is -0.136. The summed E-state index contributed by atoms with van der Waals surface area (Å²) in [6.07, 6.45) is -3.04. The number of nitrogens with zero attached hydrogens (tertiary/aromatic N) is 3. The third kappa shape index (κ3) is 4.57. The first kappa shape index (κ1) is 19.2. The van der Waals surface area contributed by atoms with E-state index in [-0.39, 0.29) is 11.4 Å². The van der Waals surface area contributed by atoms with Gasteiger partial charge in [-0.15, -0.1) is 0 Å². The van der Waals surface area contributed by atoms with E-state index < -0.39 is 17.6 Å². The standard InChI is InChI=1S/C19H21F3N4O/c1-2-25-9-11-26(12-10-25)14-7-8-23-17(13-14)18(27)24-16-6-4-3-5-15(16)19(20,21)22/h3-8,13H,2,9-12H2,1H3,(H,24,27). The number of benzene rings is 1. The molecule has 1 aromatic carbocycles. The van der Waals surface area contributed by atoms with Crippen molar-refractivity contribution in [2.24, 2.45) is 0 Å². The van der Waals surface area contributed by atoms with Crippen molar-refractivity contribution >= 4 is 17.3 Å². The van der Waals surface area contributed by atoms with Crippen LogP contribution in [0.4, 0.5) is 24.5 Å². The highest BCUT2D eigenvalue weighted by Gasteiger charge is 2.33. The monoisotopic (exact) mass is 378 g/mol. The third-order valence-corrected chi connectivity index (χ3v) is 4.64.